The predicted molar refractivity (Wildman–Crippen MR) is 66.6 cm³/mol. The number of aromatic hydroxyl groups is 1. The number of esters is 1. The van der Waals surface area contributed by atoms with Crippen molar-refractivity contribution in [1.29, 1.82) is 0 Å². The van der Waals surface area contributed by atoms with E-state index in [0.717, 1.165) is 25.0 Å². The van der Waals surface area contributed by atoms with Crippen molar-refractivity contribution in [2.45, 2.75) is 32.6 Å². The molecular formula is C14H18F2O3. The smallest absolute Gasteiger partial charge is 0.308 e. The number of phenols is 1. The van der Waals surface area contributed by atoms with E-state index in [1.54, 1.807) is 0 Å². The van der Waals surface area contributed by atoms with E-state index in [4.69, 9.17) is 9.84 Å². The number of hydrogen-bond donors (Lipinski definition) is 1. The Hall–Kier alpha value is -1.65. The van der Waals surface area contributed by atoms with Crippen LogP contribution in [0.2, 0.25) is 0 Å². The molecule has 1 aliphatic carbocycles. The average Bonchev–Trinajstić information content (AvgIpc) is 2.91. The van der Waals surface area contributed by atoms with Crippen molar-refractivity contribution in [1.82, 2.24) is 0 Å². The first-order valence-electron chi connectivity index (χ1n) is 6.35. The monoisotopic (exact) mass is 272 g/mol. The van der Waals surface area contributed by atoms with E-state index in [1.807, 2.05) is 6.92 Å². The van der Waals surface area contributed by atoms with Crippen molar-refractivity contribution in [3.63, 3.8) is 0 Å². The van der Waals surface area contributed by atoms with Crippen LogP contribution in [0.1, 0.15) is 32.6 Å². The maximum Gasteiger partial charge on any atom is 0.308 e. The van der Waals surface area contributed by atoms with Gasteiger partial charge < -0.3 is 9.84 Å². The number of halogens is 2. The molecule has 2 rings (SSSR count). The van der Waals surface area contributed by atoms with Crippen molar-refractivity contribution in [3.05, 3.63) is 29.8 Å². The van der Waals surface area contributed by atoms with Crippen molar-refractivity contribution >= 4 is 5.97 Å². The summed E-state index contributed by atoms with van der Waals surface area (Å²) in [6, 6.07) is 3.25. The Labute approximate surface area is 111 Å². The van der Waals surface area contributed by atoms with E-state index in [2.05, 4.69) is 0 Å². The molecule has 1 fully saturated rings. The fourth-order valence-electron chi connectivity index (χ4n) is 1.91. The molecule has 1 aliphatic rings. The third-order valence-electron chi connectivity index (χ3n) is 2.91. The molecule has 0 heterocycles. The number of phenolic OH excluding ortho intramolecular Hbond substituents is 1. The summed E-state index contributed by atoms with van der Waals surface area (Å²) in [6.45, 7) is 2.38. The predicted octanol–water partition coefficient (Wildman–Crippen LogP) is 3.41. The third-order valence-corrected chi connectivity index (χ3v) is 2.91. The Morgan fingerprint density at radius 1 is 1.37 bits per heavy atom. The van der Waals surface area contributed by atoms with Crippen LogP contribution >= 0.6 is 0 Å². The quantitative estimate of drug-likeness (QED) is 0.839. The summed E-state index contributed by atoms with van der Waals surface area (Å²) < 4.78 is 29.0. The minimum atomic E-state index is -1.20. The number of carbonyl (C=O) groups is 1. The summed E-state index contributed by atoms with van der Waals surface area (Å²) >= 11 is 0. The molecule has 0 amide bonds. The van der Waals surface area contributed by atoms with Gasteiger partial charge in [-0.15, -0.1) is 0 Å². The van der Waals surface area contributed by atoms with E-state index in [9.17, 15) is 13.6 Å². The zero-order valence-electron chi connectivity index (χ0n) is 10.9. The molecule has 19 heavy (non-hydrogen) atoms. The lowest BCUT2D eigenvalue weighted by molar-refractivity contribution is -0.147. The van der Waals surface area contributed by atoms with Gasteiger partial charge in [0.15, 0.2) is 17.4 Å². The standard InChI is InChI=1S/C8H14O2.C6H4F2O/c1-2-10-8(9)7-5-3-4-6-7;7-4-2-1-3-5(9)6(4)8/h7H,2-6H2,1H3;1-3,9H. The second kappa shape index (κ2) is 7.71. The van der Waals surface area contributed by atoms with E-state index in [1.165, 1.54) is 18.9 Å². The minimum Gasteiger partial charge on any atom is -0.505 e. The Balaban J connectivity index is 0.000000191. The van der Waals surface area contributed by atoms with Crippen LogP contribution in [-0.4, -0.2) is 17.7 Å². The van der Waals surface area contributed by atoms with E-state index in [-0.39, 0.29) is 11.9 Å². The summed E-state index contributed by atoms with van der Waals surface area (Å²) in [5.41, 5.74) is 0. The van der Waals surface area contributed by atoms with Crippen molar-refractivity contribution in [2.24, 2.45) is 5.92 Å². The van der Waals surface area contributed by atoms with Crippen LogP contribution in [0.25, 0.3) is 0 Å². The summed E-state index contributed by atoms with van der Waals surface area (Å²) in [7, 11) is 0. The van der Waals surface area contributed by atoms with Crippen LogP contribution < -0.4 is 0 Å². The van der Waals surface area contributed by atoms with Gasteiger partial charge in [0.2, 0.25) is 0 Å². The van der Waals surface area contributed by atoms with E-state index in [0.29, 0.717) is 6.61 Å². The maximum absolute atomic E-state index is 12.1. The molecule has 0 unspecified atom stereocenters. The number of carbonyl (C=O) groups excluding carboxylic acids is 1. The van der Waals surface area contributed by atoms with Crippen LogP contribution in [-0.2, 0) is 9.53 Å². The average molecular weight is 272 g/mol. The van der Waals surface area contributed by atoms with Crippen LogP contribution in [0.3, 0.4) is 0 Å². The van der Waals surface area contributed by atoms with Gasteiger partial charge in [-0.1, -0.05) is 18.9 Å². The Morgan fingerprint density at radius 3 is 2.47 bits per heavy atom. The lowest BCUT2D eigenvalue weighted by Crippen LogP contribution is -2.13. The fraction of sp³-hybridized carbons (Fsp3) is 0.500. The highest BCUT2D eigenvalue weighted by atomic mass is 19.2. The van der Waals surface area contributed by atoms with Crippen LogP contribution in [0.5, 0.6) is 5.75 Å². The van der Waals surface area contributed by atoms with Gasteiger partial charge in [0.05, 0.1) is 12.5 Å². The minimum absolute atomic E-state index is 0.0139. The number of hydrogen-bond acceptors (Lipinski definition) is 3. The Kier molecular flexibility index (Phi) is 6.25. The van der Waals surface area contributed by atoms with E-state index >= 15 is 0 Å². The molecule has 0 radical (unpaired) electrons. The fourth-order valence-corrected chi connectivity index (χ4v) is 1.91. The Bertz CT molecular complexity index is 395. The maximum atomic E-state index is 12.1. The second-order valence-electron chi connectivity index (χ2n) is 4.31. The van der Waals surface area contributed by atoms with Gasteiger partial charge >= 0.3 is 5.97 Å². The molecule has 1 N–H and O–H groups in total. The van der Waals surface area contributed by atoms with Gasteiger partial charge in [-0.05, 0) is 31.9 Å². The first kappa shape index (κ1) is 15.4. The molecule has 0 spiro atoms. The molecule has 5 heteroatoms. The summed E-state index contributed by atoms with van der Waals surface area (Å²) in [4.78, 5) is 11.0. The Morgan fingerprint density at radius 2 is 2.00 bits per heavy atom. The lowest BCUT2D eigenvalue weighted by atomic mass is 10.1. The zero-order chi connectivity index (χ0) is 14.3. The number of benzene rings is 1. The SMILES string of the molecule is CCOC(=O)C1CCCC1.Oc1cccc(F)c1F. The molecule has 1 aromatic rings. The lowest BCUT2D eigenvalue weighted by Gasteiger charge is -2.06. The molecule has 0 aliphatic heterocycles. The molecule has 1 aromatic carbocycles. The highest BCUT2D eigenvalue weighted by molar-refractivity contribution is 5.72. The molecule has 3 nitrogen and oxygen atoms in total. The van der Waals surface area contributed by atoms with Gasteiger partial charge in [0, 0.05) is 0 Å². The number of rotatable bonds is 2. The normalized spacial score (nSPS) is 14.7. The molecule has 1 saturated carbocycles. The first-order chi connectivity index (χ1) is 9.06. The van der Waals surface area contributed by atoms with Gasteiger partial charge in [-0.3, -0.25) is 4.79 Å². The highest BCUT2D eigenvalue weighted by Gasteiger charge is 2.23. The van der Waals surface area contributed by atoms with Crippen LogP contribution in [0.4, 0.5) is 8.78 Å². The molecule has 0 bridgehead atoms. The summed E-state index contributed by atoms with van der Waals surface area (Å²) in [5.74, 6) is -2.65. The molecule has 0 aromatic heterocycles. The molecule has 0 saturated heterocycles. The topological polar surface area (TPSA) is 46.5 Å². The zero-order valence-corrected chi connectivity index (χ0v) is 10.9. The number of ether oxygens (including phenoxy) is 1. The largest absolute Gasteiger partial charge is 0.505 e. The van der Waals surface area contributed by atoms with Crippen LogP contribution in [0, 0.1) is 17.6 Å². The summed E-state index contributed by atoms with van der Waals surface area (Å²) in [6.07, 6.45) is 4.48. The van der Waals surface area contributed by atoms with Crippen molar-refractivity contribution in [3.8, 4) is 5.75 Å². The van der Waals surface area contributed by atoms with Crippen molar-refractivity contribution in [2.75, 3.05) is 6.61 Å². The third kappa shape index (κ3) is 4.85. The highest BCUT2D eigenvalue weighted by Crippen LogP contribution is 2.25. The van der Waals surface area contributed by atoms with Gasteiger partial charge in [0.25, 0.3) is 0 Å². The molecule has 106 valence electrons. The second-order valence-corrected chi connectivity index (χ2v) is 4.31. The molecular weight excluding hydrogens is 254 g/mol. The van der Waals surface area contributed by atoms with E-state index < -0.39 is 17.4 Å². The van der Waals surface area contributed by atoms with Gasteiger partial charge in [-0.25, -0.2) is 4.39 Å². The van der Waals surface area contributed by atoms with Crippen LogP contribution in [0.15, 0.2) is 18.2 Å². The first-order valence-corrected chi connectivity index (χ1v) is 6.35. The van der Waals surface area contributed by atoms with Gasteiger partial charge in [0.1, 0.15) is 0 Å². The van der Waals surface area contributed by atoms with Crippen molar-refractivity contribution < 1.29 is 23.4 Å². The summed E-state index contributed by atoms with van der Waals surface area (Å²) in [5, 5.41) is 8.49. The van der Waals surface area contributed by atoms with Gasteiger partial charge in [-0.2, -0.15) is 4.39 Å². The molecule has 0 atom stereocenters.